The molecule has 0 atom stereocenters. The van der Waals surface area contributed by atoms with Crippen molar-refractivity contribution in [2.45, 2.75) is 25.7 Å². The minimum atomic E-state index is -1.08. The Balaban J connectivity index is 0.000000433. The zero-order chi connectivity index (χ0) is 16.3. The first-order valence-corrected chi connectivity index (χ1v) is 6.21. The van der Waals surface area contributed by atoms with Gasteiger partial charge in [0.15, 0.2) is 0 Å². The van der Waals surface area contributed by atoms with E-state index in [0.29, 0.717) is 6.42 Å². The van der Waals surface area contributed by atoms with Crippen molar-refractivity contribution in [1.29, 1.82) is 0 Å². The molecule has 1 aromatic rings. The smallest absolute Gasteiger partial charge is 0.330 e. The normalized spacial score (nSPS) is 9.14. The zero-order valence-electron chi connectivity index (χ0n) is 11.5. The SMILES string of the molecule is C=C(CCc1ccccc1)C(=O)O.O=C(O)CCC(=O)O. The molecule has 6 heteroatoms. The first-order valence-electron chi connectivity index (χ1n) is 6.21. The van der Waals surface area contributed by atoms with E-state index in [9.17, 15) is 14.4 Å². The largest absolute Gasteiger partial charge is 0.481 e. The van der Waals surface area contributed by atoms with E-state index in [1.54, 1.807) is 0 Å². The number of aliphatic carboxylic acids is 3. The molecule has 0 aromatic heterocycles. The number of carboxylic acid groups (broad SMARTS) is 3. The molecule has 114 valence electrons. The van der Waals surface area contributed by atoms with Gasteiger partial charge in [-0.2, -0.15) is 0 Å². The van der Waals surface area contributed by atoms with Gasteiger partial charge in [-0.1, -0.05) is 36.9 Å². The van der Waals surface area contributed by atoms with Crippen LogP contribution in [-0.2, 0) is 20.8 Å². The van der Waals surface area contributed by atoms with E-state index in [1.807, 2.05) is 30.3 Å². The Hall–Kier alpha value is -2.63. The number of rotatable bonds is 7. The lowest BCUT2D eigenvalue weighted by Crippen LogP contribution is -2.00. The van der Waals surface area contributed by atoms with Crippen molar-refractivity contribution in [3.05, 3.63) is 48.0 Å². The average molecular weight is 294 g/mol. The molecule has 21 heavy (non-hydrogen) atoms. The Morgan fingerprint density at radius 1 is 0.857 bits per heavy atom. The van der Waals surface area contributed by atoms with E-state index in [2.05, 4.69) is 6.58 Å². The summed E-state index contributed by atoms with van der Waals surface area (Å²) in [6, 6.07) is 9.79. The maximum Gasteiger partial charge on any atom is 0.330 e. The second-order valence-electron chi connectivity index (χ2n) is 4.18. The highest BCUT2D eigenvalue weighted by atomic mass is 16.4. The predicted octanol–water partition coefficient (Wildman–Crippen LogP) is 2.20. The number of aryl methyl sites for hydroxylation is 1. The van der Waals surface area contributed by atoms with Gasteiger partial charge in [-0.05, 0) is 18.4 Å². The third kappa shape index (κ3) is 10.9. The van der Waals surface area contributed by atoms with E-state index in [-0.39, 0.29) is 18.4 Å². The summed E-state index contributed by atoms with van der Waals surface area (Å²) in [5.74, 6) is -3.06. The lowest BCUT2D eigenvalue weighted by atomic mass is 10.1. The van der Waals surface area contributed by atoms with Crippen LogP contribution < -0.4 is 0 Å². The molecule has 1 aromatic carbocycles. The van der Waals surface area contributed by atoms with Gasteiger partial charge in [0.25, 0.3) is 0 Å². The Kier molecular flexibility index (Phi) is 8.92. The minimum Gasteiger partial charge on any atom is -0.481 e. The predicted molar refractivity (Wildman–Crippen MR) is 76.0 cm³/mol. The third-order valence-electron chi connectivity index (χ3n) is 2.41. The molecule has 0 radical (unpaired) electrons. The van der Waals surface area contributed by atoms with E-state index < -0.39 is 17.9 Å². The van der Waals surface area contributed by atoms with Crippen LogP contribution >= 0.6 is 0 Å². The molecule has 0 aliphatic carbocycles. The standard InChI is InChI=1S/C11H12O2.C4H6O4/c1-9(11(12)13)7-8-10-5-3-2-4-6-10;5-3(6)1-2-4(7)8/h2-6H,1,7-8H2,(H,12,13);1-2H2,(H,5,6)(H,7,8). The first-order chi connectivity index (χ1) is 9.82. The fourth-order valence-corrected chi connectivity index (χ4v) is 1.26. The van der Waals surface area contributed by atoms with E-state index in [1.165, 1.54) is 0 Å². The van der Waals surface area contributed by atoms with E-state index in [0.717, 1.165) is 12.0 Å². The van der Waals surface area contributed by atoms with Crippen molar-refractivity contribution in [2.75, 3.05) is 0 Å². The maximum absolute atomic E-state index is 10.4. The molecular formula is C15H18O6. The van der Waals surface area contributed by atoms with Crippen LogP contribution in [0.1, 0.15) is 24.8 Å². The van der Waals surface area contributed by atoms with E-state index >= 15 is 0 Å². The van der Waals surface area contributed by atoms with Gasteiger partial charge in [-0.15, -0.1) is 0 Å². The number of hydrogen-bond acceptors (Lipinski definition) is 3. The highest BCUT2D eigenvalue weighted by molar-refractivity contribution is 5.85. The summed E-state index contributed by atoms with van der Waals surface area (Å²) in [6.07, 6.45) is 0.663. The number of hydrogen-bond donors (Lipinski definition) is 3. The van der Waals surface area contributed by atoms with Crippen LogP contribution in [0.2, 0.25) is 0 Å². The van der Waals surface area contributed by atoms with Crippen LogP contribution in [0.4, 0.5) is 0 Å². The highest BCUT2D eigenvalue weighted by Crippen LogP contribution is 2.07. The maximum atomic E-state index is 10.4. The molecule has 0 unspecified atom stereocenters. The minimum absolute atomic E-state index is 0.267. The summed E-state index contributed by atoms with van der Waals surface area (Å²) < 4.78 is 0. The highest BCUT2D eigenvalue weighted by Gasteiger charge is 2.03. The molecule has 0 spiro atoms. The van der Waals surface area contributed by atoms with Gasteiger partial charge in [-0.3, -0.25) is 9.59 Å². The van der Waals surface area contributed by atoms with Gasteiger partial charge in [0.2, 0.25) is 0 Å². The molecule has 0 heterocycles. The van der Waals surface area contributed by atoms with Crippen molar-refractivity contribution >= 4 is 17.9 Å². The second kappa shape index (κ2) is 10.2. The van der Waals surface area contributed by atoms with Gasteiger partial charge in [-0.25, -0.2) is 4.79 Å². The monoisotopic (exact) mass is 294 g/mol. The average Bonchev–Trinajstić information content (AvgIpc) is 2.44. The van der Waals surface area contributed by atoms with Crippen LogP contribution in [-0.4, -0.2) is 33.2 Å². The van der Waals surface area contributed by atoms with Crippen LogP contribution in [0, 0.1) is 0 Å². The quantitative estimate of drug-likeness (QED) is 0.665. The number of benzene rings is 1. The molecule has 0 saturated carbocycles. The fourth-order valence-electron chi connectivity index (χ4n) is 1.26. The summed E-state index contributed by atoms with van der Waals surface area (Å²) >= 11 is 0. The van der Waals surface area contributed by atoms with Gasteiger partial charge in [0, 0.05) is 5.57 Å². The summed E-state index contributed by atoms with van der Waals surface area (Å²) in [5.41, 5.74) is 1.41. The van der Waals surface area contributed by atoms with Crippen LogP contribution in [0.3, 0.4) is 0 Å². The molecule has 0 aliphatic rings. The van der Waals surface area contributed by atoms with Crippen LogP contribution in [0.25, 0.3) is 0 Å². The third-order valence-corrected chi connectivity index (χ3v) is 2.41. The number of carboxylic acids is 3. The van der Waals surface area contributed by atoms with Gasteiger partial charge in [0.05, 0.1) is 12.8 Å². The lowest BCUT2D eigenvalue weighted by Gasteiger charge is -2.00. The summed E-state index contributed by atoms with van der Waals surface area (Å²) in [7, 11) is 0. The fraction of sp³-hybridized carbons (Fsp3) is 0.267. The van der Waals surface area contributed by atoms with Crippen LogP contribution in [0.5, 0.6) is 0 Å². The zero-order valence-corrected chi connectivity index (χ0v) is 11.5. The van der Waals surface area contributed by atoms with Crippen LogP contribution in [0.15, 0.2) is 42.5 Å². The Morgan fingerprint density at radius 2 is 1.33 bits per heavy atom. The van der Waals surface area contributed by atoms with Crippen molar-refractivity contribution in [1.82, 2.24) is 0 Å². The number of carbonyl (C=O) groups is 3. The summed E-state index contributed by atoms with van der Waals surface area (Å²) in [4.78, 5) is 29.7. The molecule has 0 amide bonds. The van der Waals surface area contributed by atoms with E-state index in [4.69, 9.17) is 15.3 Å². The summed E-state index contributed by atoms with van der Waals surface area (Å²) in [6.45, 7) is 3.47. The molecule has 6 nitrogen and oxygen atoms in total. The Labute approximate surface area is 122 Å². The Morgan fingerprint density at radius 3 is 1.71 bits per heavy atom. The molecule has 0 saturated heterocycles. The lowest BCUT2D eigenvalue weighted by molar-refractivity contribution is -0.143. The molecule has 3 N–H and O–H groups in total. The first kappa shape index (κ1) is 18.4. The molecule has 0 bridgehead atoms. The van der Waals surface area contributed by atoms with Crippen molar-refractivity contribution < 1.29 is 29.7 Å². The van der Waals surface area contributed by atoms with Crippen molar-refractivity contribution in [3.63, 3.8) is 0 Å². The molecule has 1 rings (SSSR count). The van der Waals surface area contributed by atoms with Gasteiger partial charge in [0.1, 0.15) is 0 Å². The molecule has 0 aliphatic heterocycles. The Bertz CT molecular complexity index is 478. The summed E-state index contributed by atoms with van der Waals surface area (Å²) in [5, 5.41) is 24.4. The molecular weight excluding hydrogens is 276 g/mol. The second-order valence-corrected chi connectivity index (χ2v) is 4.18. The van der Waals surface area contributed by atoms with Gasteiger partial charge < -0.3 is 15.3 Å². The van der Waals surface area contributed by atoms with Gasteiger partial charge >= 0.3 is 17.9 Å². The van der Waals surface area contributed by atoms with Crippen molar-refractivity contribution in [3.8, 4) is 0 Å². The van der Waals surface area contributed by atoms with Crippen molar-refractivity contribution in [2.24, 2.45) is 0 Å². The topological polar surface area (TPSA) is 112 Å². The molecule has 0 fully saturated rings.